The lowest BCUT2D eigenvalue weighted by atomic mass is 9.89. The van der Waals surface area contributed by atoms with E-state index >= 15 is 0 Å². The number of benzene rings is 2. The van der Waals surface area contributed by atoms with Crippen LogP contribution in [-0.4, -0.2) is 55.3 Å². The van der Waals surface area contributed by atoms with E-state index in [1.54, 1.807) is 47.9 Å². The number of hydrogen-bond acceptors (Lipinski definition) is 9. The van der Waals surface area contributed by atoms with Crippen molar-refractivity contribution >= 4 is 11.8 Å². The van der Waals surface area contributed by atoms with Gasteiger partial charge in [-0.25, -0.2) is 5.48 Å². The van der Waals surface area contributed by atoms with Crippen LogP contribution >= 0.6 is 0 Å². The standard InChI is InChI=1S/C26H34N4O7/c1-16(2)13-22(24(31)29-34)30-12-11-26(27,25(30)32)17-5-7-18(8-6-17)37-15-21(28-33)20-14-19(35-3)9-10-23(20)36-4/h5-10,14,16,21-22,34H,11-13,15,27H2,1-4H3,(H,29,31). The lowest BCUT2D eigenvalue weighted by Crippen LogP contribution is -2.52. The number of likely N-dealkylation sites (tertiary alicyclic amines) is 1. The predicted molar refractivity (Wildman–Crippen MR) is 135 cm³/mol. The first kappa shape index (κ1) is 27.9. The van der Waals surface area contributed by atoms with Gasteiger partial charge in [0.1, 0.15) is 35.4 Å². The molecule has 11 nitrogen and oxygen atoms in total. The summed E-state index contributed by atoms with van der Waals surface area (Å²) in [5, 5.41) is 12.3. The Kier molecular flexibility index (Phi) is 9.06. The number of nitrogens with zero attached hydrogens (tertiary/aromatic N) is 2. The maximum Gasteiger partial charge on any atom is 0.266 e. The third-order valence-electron chi connectivity index (χ3n) is 6.57. The average Bonchev–Trinajstić information content (AvgIpc) is 3.21. The van der Waals surface area contributed by atoms with Crippen LogP contribution in [-0.2, 0) is 15.1 Å². The molecule has 1 saturated heterocycles. The third-order valence-corrected chi connectivity index (χ3v) is 6.57. The first-order valence-electron chi connectivity index (χ1n) is 12.0. The first-order chi connectivity index (χ1) is 17.7. The second kappa shape index (κ2) is 12.0. The third kappa shape index (κ3) is 6.00. The van der Waals surface area contributed by atoms with Crippen LogP contribution in [0.1, 0.15) is 43.9 Å². The Labute approximate surface area is 215 Å². The Morgan fingerprint density at radius 2 is 1.84 bits per heavy atom. The van der Waals surface area contributed by atoms with Crippen LogP contribution in [0, 0.1) is 10.8 Å². The Hall–Kier alpha value is -3.70. The van der Waals surface area contributed by atoms with Crippen molar-refractivity contribution in [3.63, 3.8) is 0 Å². The van der Waals surface area contributed by atoms with Crippen LogP contribution < -0.4 is 25.4 Å². The molecule has 11 heteroatoms. The fraction of sp³-hybridized carbons (Fsp3) is 0.462. The van der Waals surface area contributed by atoms with E-state index < -0.39 is 23.5 Å². The Balaban J connectivity index is 1.73. The van der Waals surface area contributed by atoms with Crippen LogP contribution in [0.15, 0.2) is 47.6 Å². The van der Waals surface area contributed by atoms with Crippen molar-refractivity contribution in [3.05, 3.63) is 58.5 Å². The number of nitrogens with two attached hydrogens (primary N) is 1. The van der Waals surface area contributed by atoms with Crippen molar-refractivity contribution in [2.75, 3.05) is 27.4 Å². The minimum Gasteiger partial charge on any atom is -0.497 e. The van der Waals surface area contributed by atoms with Crippen molar-refractivity contribution in [1.82, 2.24) is 10.4 Å². The highest BCUT2D eigenvalue weighted by Crippen LogP contribution is 2.35. The summed E-state index contributed by atoms with van der Waals surface area (Å²) in [5.74, 6) is 0.615. The van der Waals surface area contributed by atoms with Crippen LogP contribution in [0.3, 0.4) is 0 Å². The number of rotatable bonds is 12. The maximum absolute atomic E-state index is 13.3. The SMILES string of the molecule is COc1ccc(OC)c(C(COc2ccc(C3(N)CCN(C(CC(C)C)C(=O)NO)C3=O)cc2)N=O)c1. The molecule has 0 saturated carbocycles. The topological polar surface area (TPSA) is 153 Å². The summed E-state index contributed by atoms with van der Waals surface area (Å²) in [6.07, 6.45) is 0.705. The second-order valence-electron chi connectivity index (χ2n) is 9.41. The lowest BCUT2D eigenvalue weighted by molar-refractivity contribution is -0.144. The summed E-state index contributed by atoms with van der Waals surface area (Å²) in [6.45, 7) is 4.11. The van der Waals surface area contributed by atoms with E-state index in [4.69, 9.17) is 25.2 Å². The summed E-state index contributed by atoms with van der Waals surface area (Å²) >= 11 is 0. The molecule has 2 aromatic rings. The van der Waals surface area contributed by atoms with Gasteiger partial charge in [0, 0.05) is 12.1 Å². The molecular weight excluding hydrogens is 480 g/mol. The predicted octanol–water partition coefficient (Wildman–Crippen LogP) is 2.90. The van der Waals surface area contributed by atoms with Gasteiger partial charge >= 0.3 is 0 Å². The lowest BCUT2D eigenvalue weighted by Gasteiger charge is -2.30. The zero-order valence-corrected chi connectivity index (χ0v) is 21.5. The molecule has 2 amide bonds. The van der Waals surface area contributed by atoms with Gasteiger partial charge in [-0.15, -0.1) is 0 Å². The van der Waals surface area contributed by atoms with Crippen molar-refractivity contribution < 1.29 is 29.0 Å². The first-order valence-corrected chi connectivity index (χ1v) is 12.0. The molecule has 3 atom stereocenters. The molecule has 0 aliphatic carbocycles. The number of amides is 2. The molecule has 2 aromatic carbocycles. The van der Waals surface area contributed by atoms with Gasteiger partial charge < -0.3 is 24.8 Å². The highest BCUT2D eigenvalue weighted by atomic mass is 16.5. The Bertz CT molecular complexity index is 1110. The number of hydroxylamine groups is 1. The summed E-state index contributed by atoms with van der Waals surface area (Å²) < 4.78 is 16.4. The van der Waals surface area contributed by atoms with Crippen molar-refractivity contribution in [2.24, 2.45) is 16.8 Å². The summed E-state index contributed by atoms with van der Waals surface area (Å²) in [5.41, 5.74) is 8.00. The average molecular weight is 515 g/mol. The van der Waals surface area contributed by atoms with Crippen molar-refractivity contribution in [2.45, 2.75) is 44.3 Å². The molecule has 3 rings (SSSR count). The van der Waals surface area contributed by atoms with Crippen molar-refractivity contribution in [1.29, 1.82) is 0 Å². The molecule has 0 bridgehead atoms. The van der Waals surface area contributed by atoms with Crippen LogP contribution in [0.2, 0.25) is 0 Å². The highest BCUT2D eigenvalue weighted by Gasteiger charge is 2.48. The van der Waals surface area contributed by atoms with Crippen LogP contribution in [0.5, 0.6) is 17.2 Å². The Morgan fingerprint density at radius 3 is 2.41 bits per heavy atom. The number of nitrogens with one attached hydrogen (secondary N) is 1. The van der Waals surface area contributed by atoms with Crippen LogP contribution in [0.4, 0.5) is 0 Å². The smallest absolute Gasteiger partial charge is 0.266 e. The molecule has 0 spiro atoms. The van der Waals surface area contributed by atoms with E-state index in [0.29, 0.717) is 41.2 Å². The molecule has 1 heterocycles. The number of methoxy groups -OCH3 is 2. The largest absolute Gasteiger partial charge is 0.497 e. The molecule has 0 radical (unpaired) electrons. The fourth-order valence-electron chi connectivity index (χ4n) is 4.52. The molecule has 37 heavy (non-hydrogen) atoms. The van der Waals surface area contributed by atoms with E-state index in [0.717, 1.165) is 0 Å². The normalized spacial score (nSPS) is 18.9. The number of ether oxygens (including phenoxy) is 3. The summed E-state index contributed by atoms with van der Waals surface area (Å²) in [7, 11) is 3.03. The molecule has 4 N–H and O–H groups in total. The zero-order chi connectivity index (χ0) is 27.2. The maximum atomic E-state index is 13.3. The number of hydrogen-bond donors (Lipinski definition) is 3. The van der Waals surface area contributed by atoms with E-state index in [-0.39, 0.29) is 25.0 Å². The second-order valence-corrected chi connectivity index (χ2v) is 9.41. The fourth-order valence-corrected chi connectivity index (χ4v) is 4.52. The van der Waals surface area contributed by atoms with E-state index in [2.05, 4.69) is 5.18 Å². The van der Waals surface area contributed by atoms with Gasteiger partial charge in [-0.3, -0.25) is 14.8 Å². The quantitative estimate of drug-likeness (QED) is 0.222. The Morgan fingerprint density at radius 1 is 1.16 bits per heavy atom. The van der Waals surface area contributed by atoms with Crippen molar-refractivity contribution in [3.8, 4) is 17.2 Å². The molecule has 1 aliphatic heterocycles. The molecular formula is C26H34N4O7. The molecule has 1 aliphatic rings. The molecule has 0 aromatic heterocycles. The van der Waals surface area contributed by atoms with E-state index in [1.165, 1.54) is 19.1 Å². The number of nitroso groups, excluding NO2 is 1. The van der Waals surface area contributed by atoms with Gasteiger partial charge in [0.25, 0.3) is 5.91 Å². The van der Waals surface area contributed by atoms with Gasteiger partial charge in [-0.1, -0.05) is 31.2 Å². The van der Waals surface area contributed by atoms with Gasteiger partial charge in [0.15, 0.2) is 6.04 Å². The van der Waals surface area contributed by atoms with Crippen LogP contribution in [0.25, 0.3) is 0 Å². The van der Waals surface area contributed by atoms with Gasteiger partial charge in [0.2, 0.25) is 5.91 Å². The zero-order valence-electron chi connectivity index (χ0n) is 21.5. The van der Waals surface area contributed by atoms with E-state index in [1.807, 2.05) is 13.8 Å². The molecule has 1 fully saturated rings. The van der Waals surface area contributed by atoms with Gasteiger partial charge in [-0.2, -0.15) is 4.91 Å². The molecule has 200 valence electrons. The van der Waals surface area contributed by atoms with Gasteiger partial charge in [0.05, 0.1) is 14.2 Å². The van der Waals surface area contributed by atoms with Gasteiger partial charge in [-0.05, 0) is 54.7 Å². The monoisotopic (exact) mass is 514 g/mol. The number of carbonyl (C=O) groups is 2. The minimum absolute atomic E-state index is 0.0417. The molecule has 3 unspecified atom stereocenters. The van der Waals surface area contributed by atoms with E-state index in [9.17, 15) is 14.5 Å². The number of carbonyl (C=O) groups excluding carboxylic acids is 2. The highest BCUT2D eigenvalue weighted by molar-refractivity contribution is 5.94. The summed E-state index contributed by atoms with van der Waals surface area (Å²) in [4.78, 5) is 38.6. The minimum atomic E-state index is -1.32. The summed E-state index contributed by atoms with van der Waals surface area (Å²) in [6, 6.07) is 10.1.